The zero-order valence-corrected chi connectivity index (χ0v) is 16.6. The van der Waals surface area contributed by atoms with Gasteiger partial charge in [-0.25, -0.2) is 5.01 Å². The predicted octanol–water partition coefficient (Wildman–Crippen LogP) is 3.78. The highest BCUT2D eigenvalue weighted by molar-refractivity contribution is 9.10. The second kappa shape index (κ2) is 7.48. The van der Waals surface area contributed by atoms with Crippen LogP contribution in [-0.2, 0) is 9.59 Å². The molecular formula is C20H12BrN3O6. The molecule has 1 aromatic heterocycles. The predicted molar refractivity (Wildman–Crippen MR) is 110 cm³/mol. The highest BCUT2D eigenvalue weighted by Crippen LogP contribution is 2.34. The number of non-ortho nitro benzene ring substituents is 1. The number of phenolic OH excluding ortho intramolecular Hbond substituents is 1. The normalized spacial score (nSPS) is 15.0. The fourth-order valence-corrected chi connectivity index (χ4v) is 3.29. The number of carbonyl (C=O) groups is 2. The number of halogens is 1. The Balaban J connectivity index is 1.65. The fourth-order valence-electron chi connectivity index (χ4n) is 2.91. The minimum absolute atomic E-state index is 0.117. The monoisotopic (exact) mass is 469 g/mol. The molecule has 9 nitrogen and oxygen atoms in total. The van der Waals surface area contributed by atoms with Crippen LogP contribution in [-0.4, -0.2) is 21.8 Å². The van der Waals surface area contributed by atoms with E-state index in [0.29, 0.717) is 5.69 Å². The van der Waals surface area contributed by atoms with Crippen LogP contribution >= 0.6 is 15.9 Å². The Morgan fingerprint density at radius 1 is 1.13 bits per heavy atom. The zero-order valence-electron chi connectivity index (χ0n) is 15.0. The summed E-state index contributed by atoms with van der Waals surface area (Å²) in [5, 5.41) is 22.1. The summed E-state index contributed by atoms with van der Waals surface area (Å²) >= 11 is 3.32. The van der Waals surface area contributed by atoms with E-state index in [1.165, 1.54) is 36.4 Å². The topological polar surface area (TPSA) is 126 Å². The molecule has 2 heterocycles. The second-order valence-electron chi connectivity index (χ2n) is 6.28. The number of anilines is 1. The third-order valence-corrected chi connectivity index (χ3v) is 4.82. The van der Waals surface area contributed by atoms with Gasteiger partial charge in [0.2, 0.25) is 0 Å². The number of furan rings is 1. The summed E-state index contributed by atoms with van der Waals surface area (Å²) < 4.78 is 6.33. The van der Waals surface area contributed by atoms with Crippen LogP contribution in [0.5, 0.6) is 5.75 Å². The first-order chi connectivity index (χ1) is 14.3. The van der Waals surface area contributed by atoms with Gasteiger partial charge in [-0.05, 0) is 42.5 Å². The molecule has 150 valence electrons. The summed E-state index contributed by atoms with van der Waals surface area (Å²) in [4.78, 5) is 35.4. The first-order valence-electron chi connectivity index (χ1n) is 8.54. The van der Waals surface area contributed by atoms with Gasteiger partial charge in [-0.2, -0.15) is 0 Å². The number of nitro groups is 1. The van der Waals surface area contributed by atoms with Crippen molar-refractivity contribution in [3.05, 3.63) is 80.5 Å². The SMILES string of the molecule is O=C1NN(c2cccc(Br)c2)C(=O)/C1=C\c1ccc(-c2cc([N+](=O)[O-])ccc2O)o1. The molecule has 1 fully saturated rings. The van der Waals surface area contributed by atoms with Gasteiger partial charge in [-0.1, -0.05) is 22.0 Å². The fraction of sp³-hybridized carbons (Fsp3) is 0. The molecule has 10 heteroatoms. The van der Waals surface area contributed by atoms with Crippen LogP contribution in [0, 0.1) is 10.1 Å². The van der Waals surface area contributed by atoms with Crippen molar-refractivity contribution in [3.8, 4) is 17.1 Å². The van der Waals surface area contributed by atoms with Crippen LogP contribution in [0.4, 0.5) is 11.4 Å². The van der Waals surface area contributed by atoms with E-state index >= 15 is 0 Å². The molecule has 0 radical (unpaired) electrons. The van der Waals surface area contributed by atoms with Crippen molar-refractivity contribution in [2.75, 3.05) is 5.01 Å². The lowest BCUT2D eigenvalue weighted by molar-refractivity contribution is -0.384. The summed E-state index contributed by atoms with van der Waals surface area (Å²) in [6.45, 7) is 0. The maximum absolute atomic E-state index is 12.7. The largest absolute Gasteiger partial charge is 0.507 e. The van der Waals surface area contributed by atoms with E-state index in [1.54, 1.807) is 24.3 Å². The van der Waals surface area contributed by atoms with Crippen molar-refractivity contribution in [2.45, 2.75) is 0 Å². The summed E-state index contributed by atoms with van der Waals surface area (Å²) in [6.07, 6.45) is 1.27. The lowest BCUT2D eigenvalue weighted by Crippen LogP contribution is -2.35. The molecule has 0 atom stereocenters. The number of nitrogens with zero attached hydrogens (tertiary/aromatic N) is 2. The Hall–Kier alpha value is -3.92. The Morgan fingerprint density at radius 3 is 2.67 bits per heavy atom. The maximum Gasteiger partial charge on any atom is 0.282 e. The van der Waals surface area contributed by atoms with E-state index in [9.17, 15) is 24.8 Å². The van der Waals surface area contributed by atoms with Gasteiger partial charge in [0.05, 0.1) is 16.2 Å². The van der Waals surface area contributed by atoms with Crippen molar-refractivity contribution in [3.63, 3.8) is 0 Å². The molecule has 30 heavy (non-hydrogen) atoms. The number of hydrogen-bond donors (Lipinski definition) is 2. The number of hydrogen-bond acceptors (Lipinski definition) is 6. The third-order valence-electron chi connectivity index (χ3n) is 4.33. The quantitative estimate of drug-likeness (QED) is 0.259. The molecule has 2 N–H and O–H groups in total. The molecule has 0 aliphatic carbocycles. The lowest BCUT2D eigenvalue weighted by Gasteiger charge is -2.14. The molecule has 1 aliphatic rings. The Morgan fingerprint density at radius 2 is 1.93 bits per heavy atom. The highest BCUT2D eigenvalue weighted by atomic mass is 79.9. The summed E-state index contributed by atoms with van der Waals surface area (Å²) in [7, 11) is 0. The number of phenols is 1. The van der Waals surface area contributed by atoms with Crippen LogP contribution in [0.25, 0.3) is 17.4 Å². The lowest BCUT2D eigenvalue weighted by atomic mass is 10.1. The van der Waals surface area contributed by atoms with E-state index in [1.807, 2.05) is 0 Å². The molecule has 1 saturated heterocycles. The molecule has 0 saturated carbocycles. The van der Waals surface area contributed by atoms with Crippen molar-refractivity contribution in [1.29, 1.82) is 0 Å². The van der Waals surface area contributed by atoms with E-state index in [-0.39, 0.29) is 34.1 Å². The first kappa shape index (κ1) is 19.4. The second-order valence-corrected chi connectivity index (χ2v) is 7.20. The van der Waals surface area contributed by atoms with Crippen molar-refractivity contribution >= 4 is 45.2 Å². The molecule has 3 aromatic rings. The Bertz CT molecular complexity index is 1230. The number of amides is 2. The minimum atomic E-state index is -0.601. The van der Waals surface area contributed by atoms with E-state index in [0.717, 1.165) is 9.48 Å². The standard InChI is InChI=1S/C20H12BrN3O6/c21-11-2-1-3-12(8-11)23-20(27)16(19(26)22-23)10-14-5-7-18(30-14)15-9-13(24(28)29)4-6-17(15)25/h1-10,25H,(H,22,26)/b16-10-. The molecule has 0 unspecified atom stereocenters. The van der Waals surface area contributed by atoms with Gasteiger partial charge in [-0.15, -0.1) is 0 Å². The average molecular weight is 470 g/mol. The summed E-state index contributed by atoms with van der Waals surface area (Å²) in [5.74, 6) is -1.04. The van der Waals surface area contributed by atoms with Crippen LogP contribution < -0.4 is 10.4 Å². The van der Waals surface area contributed by atoms with Crippen LogP contribution in [0.3, 0.4) is 0 Å². The highest BCUT2D eigenvalue weighted by Gasteiger charge is 2.34. The van der Waals surface area contributed by atoms with Crippen LogP contribution in [0.1, 0.15) is 5.76 Å². The van der Waals surface area contributed by atoms with E-state index in [2.05, 4.69) is 21.4 Å². The Labute approximate surface area is 177 Å². The number of nitrogens with one attached hydrogen (secondary N) is 1. The molecule has 1 aliphatic heterocycles. The molecular weight excluding hydrogens is 458 g/mol. The molecule has 0 spiro atoms. The minimum Gasteiger partial charge on any atom is -0.507 e. The van der Waals surface area contributed by atoms with Gasteiger partial charge >= 0.3 is 0 Å². The summed E-state index contributed by atoms with van der Waals surface area (Å²) in [5.41, 5.74) is 2.73. The van der Waals surface area contributed by atoms with Gasteiger partial charge in [0.1, 0.15) is 22.8 Å². The molecule has 4 rings (SSSR count). The van der Waals surface area contributed by atoms with Crippen molar-refractivity contribution in [2.24, 2.45) is 0 Å². The maximum atomic E-state index is 12.7. The Kier molecular flexibility index (Phi) is 4.84. The van der Waals surface area contributed by atoms with Gasteiger partial charge in [0, 0.05) is 16.6 Å². The summed E-state index contributed by atoms with van der Waals surface area (Å²) in [6, 6.07) is 13.4. The van der Waals surface area contributed by atoms with Crippen LogP contribution in [0.15, 0.2) is 69.1 Å². The van der Waals surface area contributed by atoms with Crippen molar-refractivity contribution in [1.82, 2.24) is 5.43 Å². The van der Waals surface area contributed by atoms with Gasteiger partial charge in [0.25, 0.3) is 17.5 Å². The number of carbonyl (C=O) groups excluding carboxylic acids is 2. The number of hydrazine groups is 1. The van der Waals surface area contributed by atoms with E-state index < -0.39 is 16.7 Å². The van der Waals surface area contributed by atoms with Gasteiger partial charge in [-0.3, -0.25) is 25.1 Å². The smallest absolute Gasteiger partial charge is 0.282 e. The third kappa shape index (κ3) is 3.55. The first-order valence-corrected chi connectivity index (χ1v) is 9.33. The molecule has 2 amide bonds. The zero-order chi connectivity index (χ0) is 21.4. The average Bonchev–Trinajstić information content (AvgIpc) is 3.28. The number of benzene rings is 2. The van der Waals surface area contributed by atoms with Crippen molar-refractivity contribution < 1.29 is 24.0 Å². The number of aromatic hydroxyl groups is 1. The van der Waals surface area contributed by atoms with Crippen LogP contribution in [0.2, 0.25) is 0 Å². The van der Waals surface area contributed by atoms with Gasteiger partial charge < -0.3 is 9.52 Å². The number of nitro benzene ring substituents is 1. The van der Waals surface area contributed by atoms with E-state index in [4.69, 9.17) is 4.42 Å². The van der Waals surface area contributed by atoms with Gasteiger partial charge in [0.15, 0.2) is 0 Å². The molecule has 2 aromatic carbocycles. The number of rotatable bonds is 4. The molecule has 0 bridgehead atoms.